The lowest BCUT2D eigenvalue weighted by Crippen LogP contribution is -2.04. The molecular formula is C22H18ClN3S. The van der Waals surface area contributed by atoms with Crippen molar-refractivity contribution in [1.82, 2.24) is 9.38 Å². The molecule has 2 aromatic carbocycles. The van der Waals surface area contributed by atoms with Crippen LogP contribution in [0, 0.1) is 18.3 Å². The number of nitriles is 1. The van der Waals surface area contributed by atoms with Gasteiger partial charge in [0, 0.05) is 10.8 Å². The minimum Gasteiger partial charge on any atom is -0.286 e. The van der Waals surface area contributed by atoms with Gasteiger partial charge in [-0.1, -0.05) is 48.9 Å². The van der Waals surface area contributed by atoms with Crippen molar-refractivity contribution >= 4 is 40.0 Å². The third-order valence-corrected chi connectivity index (χ3v) is 6.39. The minimum absolute atomic E-state index is 0.658. The van der Waals surface area contributed by atoms with Crippen LogP contribution in [0.5, 0.6) is 0 Å². The molecule has 0 aliphatic heterocycles. The van der Waals surface area contributed by atoms with E-state index in [-0.39, 0.29) is 0 Å². The Morgan fingerprint density at radius 1 is 1.15 bits per heavy atom. The first kappa shape index (κ1) is 17.9. The van der Waals surface area contributed by atoms with Crippen LogP contribution in [0.2, 0.25) is 5.02 Å². The van der Waals surface area contributed by atoms with Gasteiger partial charge in [0.05, 0.1) is 21.6 Å². The molecule has 0 fully saturated rings. The predicted octanol–water partition coefficient (Wildman–Crippen LogP) is 6.18. The van der Waals surface area contributed by atoms with Crippen LogP contribution in [-0.4, -0.2) is 9.38 Å². The highest BCUT2D eigenvalue weighted by atomic mass is 35.5. The number of pyridine rings is 1. The van der Waals surface area contributed by atoms with E-state index < -0.39 is 0 Å². The van der Waals surface area contributed by atoms with Crippen molar-refractivity contribution in [2.75, 3.05) is 0 Å². The van der Waals surface area contributed by atoms with E-state index in [4.69, 9.17) is 16.6 Å². The minimum atomic E-state index is 0.658. The second-order valence-electron chi connectivity index (χ2n) is 6.39. The zero-order valence-electron chi connectivity index (χ0n) is 15.2. The maximum Gasteiger partial charge on any atom is 0.157 e. The lowest BCUT2D eigenvalue weighted by molar-refractivity contribution is 0.936. The topological polar surface area (TPSA) is 41.1 Å². The second kappa shape index (κ2) is 7.26. The average molecular weight is 392 g/mol. The lowest BCUT2D eigenvalue weighted by Gasteiger charge is -2.16. The van der Waals surface area contributed by atoms with Crippen molar-refractivity contribution in [3.8, 4) is 6.07 Å². The van der Waals surface area contributed by atoms with Crippen molar-refractivity contribution in [2.24, 2.45) is 0 Å². The first-order valence-electron chi connectivity index (χ1n) is 8.84. The molecule has 0 N–H and O–H groups in total. The van der Waals surface area contributed by atoms with Crippen LogP contribution in [0.4, 0.5) is 0 Å². The molecule has 4 aromatic rings. The van der Waals surface area contributed by atoms with Gasteiger partial charge in [-0.2, -0.15) is 5.26 Å². The van der Waals surface area contributed by atoms with Gasteiger partial charge in [0.2, 0.25) is 0 Å². The summed E-state index contributed by atoms with van der Waals surface area (Å²) in [4.78, 5) is 4.76. The van der Waals surface area contributed by atoms with Crippen LogP contribution in [0.1, 0.15) is 29.2 Å². The van der Waals surface area contributed by atoms with Gasteiger partial charge in [-0.3, -0.25) is 4.40 Å². The summed E-state index contributed by atoms with van der Waals surface area (Å²) in [6.07, 6.45) is 0.855. The van der Waals surface area contributed by atoms with Gasteiger partial charge in [0.15, 0.2) is 5.65 Å². The molecule has 0 aliphatic carbocycles. The first-order chi connectivity index (χ1) is 13.2. The van der Waals surface area contributed by atoms with Gasteiger partial charge in [0.25, 0.3) is 0 Å². The number of rotatable bonds is 4. The smallest absolute Gasteiger partial charge is 0.157 e. The van der Waals surface area contributed by atoms with Gasteiger partial charge in [-0.05, 0) is 48.2 Å². The van der Waals surface area contributed by atoms with E-state index >= 15 is 0 Å². The monoisotopic (exact) mass is 391 g/mol. The Morgan fingerprint density at radius 3 is 2.63 bits per heavy atom. The van der Waals surface area contributed by atoms with Gasteiger partial charge in [0.1, 0.15) is 6.07 Å². The van der Waals surface area contributed by atoms with Gasteiger partial charge < -0.3 is 0 Å². The van der Waals surface area contributed by atoms with Crippen molar-refractivity contribution < 1.29 is 0 Å². The number of halogens is 1. The van der Waals surface area contributed by atoms with Crippen LogP contribution in [0.3, 0.4) is 0 Å². The molecule has 0 spiro atoms. The summed E-state index contributed by atoms with van der Waals surface area (Å²) in [5.41, 5.74) is 6.64. The molecule has 0 saturated carbocycles. The number of benzene rings is 2. The maximum absolute atomic E-state index is 9.77. The molecule has 5 heteroatoms. The summed E-state index contributed by atoms with van der Waals surface area (Å²) in [5.74, 6) is 0.764. The predicted molar refractivity (Wildman–Crippen MR) is 113 cm³/mol. The molecule has 2 heterocycles. The molecule has 27 heavy (non-hydrogen) atoms. The molecule has 2 aromatic heterocycles. The summed E-state index contributed by atoms with van der Waals surface area (Å²) in [5, 5.41) is 11.7. The normalized spacial score (nSPS) is 11.2. The highest BCUT2D eigenvalue weighted by Gasteiger charge is 2.20. The van der Waals surface area contributed by atoms with E-state index in [9.17, 15) is 5.26 Å². The summed E-state index contributed by atoms with van der Waals surface area (Å²) in [6, 6.07) is 18.3. The summed E-state index contributed by atoms with van der Waals surface area (Å²) in [7, 11) is 0. The Labute approximate surface area is 167 Å². The number of imidazole rings is 1. The standard InChI is InChI=1S/C22H18ClN3S/c1-3-16-14(2)17(12-24)21-25-19-10-6-7-11-20(19)26(21)22(16)27-13-15-8-4-5-9-18(15)23/h4-11H,3,13H2,1-2H3. The van der Waals surface area contributed by atoms with Crippen molar-refractivity contribution in [3.63, 3.8) is 0 Å². The molecule has 0 amide bonds. The maximum atomic E-state index is 9.77. The van der Waals surface area contributed by atoms with Crippen LogP contribution < -0.4 is 0 Å². The number of aromatic nitrogens is 2. The molecule has 0 saturated heterocycles. The Hall–Kier alpha value is -2.48. The Morgan fingerprint density at radius 2 is 1.89 bits per heavy atom. The number of hydrogen-bond donors (Lipinski definition) is 0. The first-order valence-corrected chi connectivity index (χ1v) is 10.2. The molecule has 0 bridgehead atoms. The van der Waals surface area contributed by atoms with Crippen LogP contribution in [0.25, 0.3) is 16.7 Å². The van der Waals surface area contributed by atoms with E-state index in [1.165, 1.54) is 5.56 Å². The van der Waals surface area contributed by atoms with Crippen LogP contribution in [0.15, 0.2) is 53.6 Å². The zero-order valence-corrected chi connectivity index (χ0v) is 16.7. The molecule has 4 rings (SSSR count). The molecule has 0 radical (unpaired) electrons. The third-order valence-electron chi connectivity index (χ3n) is 4.86. The van der Waals surface area contributed by atoms with Crippen LogP contribution in [-0.2, 0) is 12.2 Å². The van der Waals surface area contributed by atoms with Gasteiger partial charge >= 0.3 is 0 Å². The number of fused-ring (bicyclic) bond motifs is 3. The van der Waals surface area contributed by atoms with E-state index in [1.807, 2.05) is 43.3 Å². The summed E-state index contributed by atoms with van der Waals surface area (Å²) in [6.45, 7) is 4.16. The molecule has 0 unspecified atom stereocenters. The van der Waals surface area contributed by atoms with Crippen molar-refractivity contribution in [3.05, 3.63) is 75.8 Å². The highest BCUT2D eigenvalue weighted by Crippen LogP contribution is 2.36. The molecule has 0 atom stereocenters. The fraction of sp³-hybridized carbons (Fsp3) is 0.182. The number of nitrogens with zero attached hydrogens (tertiary/aromatic N) is 3. The van der Waals surface area contributed by atoms with E-state index in [0.717, 1.165) is 50.0 Å². The second-order valence-corrected chi connectivity index (χ2v) is 7.76. The Balaban J connectivity index is 1.97. The van der Waals surface area contributed by atoms with Crippen molar-refractivity contribution in [2.45, 2.75) is 31.0 Å². The molecule has 0 aliphatic rings. The highest BCUT2D eigenvalue weighted by molar-refractivity contribution is 7.98. The SMILES string of the molecule is CCc1c(C)c(C#N)c2nc3ccccc3n2c1SCc1ccccc1Cl. The zero-order chi connectivity index (χ0) is 19.0. The largest absolute Gasteiger partial charge is 0.286 e. The molecule has 3 nitrogen and oxygen atoms in total. The summed E-state index contributed by atoms with van der Waals surface area (Å²) < 4.78 is 2.14. The average Bonchev–Trinajstić information content (AvgIpc) is 3.06. The Kier molecular flexibility index (Phi) is 4.82. The lowest BCUT2D eigenvalue weighted by atomic mass is 10.0. The fourth-order valence-electron chi connectivity index (χ4n) is 3.48. The number of thioether (sulfide) groups is 1. The number of hydrogen-bond acceptors (Lipinski definition) is 3. The Bertz CT molecular complexity index is 1200. The van der Waals surface area contributed by atoms with E-state index in [2.05, 4.69) is 29.5 Å². The van der Waals surface area contributed by atoms with Crippen LogP contribution >= 0.6 is 23.4 Å². The quantitative estimate of drug-likeness (QED) is 0.390. The fourth-order valence-corrected chi connectivity index (χ4v) is 5.09. The van der Waals surface area contributed by atoms with E-state index in [0.29, 0.717) is 5.56 Å². The van der Waals surface area contributed by atoms with Gasteiger partial charge in [-0.15, -0.1) is 11.8 Å². The molecular weight excluding hydrogens is 374 g/mol. The third kappa shape index (κ3) is 2.97. The van der Waals surface area contributed by atoms with Gasteiger partial charge in [-0.25, -0.2) is 4.98 Å². The van der Waals surface area contributed by atoms with E-state index in [1.54, 1.807) is 11.8 Å². The molecule has 134 valence electrons. The van der Waals surface area contributed by atoms with Crippen molar-refractivity contribution in [1.29, 1.82) is 5.26 Å². The number of para-hydroxylation sites is 2. The summed E-state index contributed by atoms with van der Waals surface area (Å²) >= 11 is 8.11.